The van der Waals surface area contributed by atoms with E-state index in [1.54, 1.807) is 6.07 Å². The standard InChI is InChI=1S/C19H19ClN2O6/c1-26-18-9-12(19(23)21-14-3-2-8-27-11-14)4-6-17(18)28-16-7-5-13(20)10-15(16)22(24)25/h4-7,9-10,14H,2-3,8,11H2,1H3,(H,21,23). The molecule has 1 N–H and O–H groups in total. The van der Waals surface area contributed by atoms with Gasteiger partial charge in [-0.25, -0.2) is 0 Å². The molecule has 1 unspecified atom stereocenters. The third-order valence-electron chi connectivity index (χ3n) is 4.26. The number of halogens is 1. The largest absolute Gasteiger partial charge is 0.493 e. The van der Waals surface area contributed by atoms with Crippen LogP contribution in [0.2, 0.25) is 5.02 Å². The van der Waals surface area contributed by atoms with Gasteiger partial charge in [0.2, 0.25) is 5.75 Å². The Morgan fingerprint density at radius 1 is 1.25 bits per heavy atom. The Hall–Kier alpha value is -2.84. The second-order valence-corrected chi connectivity index (χ2v) is 6.66. The number of nitrogens with zero attached hydrogens (tertiary/aromatic N) is 1. The summed E-state index contributed by atoms with van der Waals surface area (Å²) in [5, 5.41) is 14.4. The normalized spacial score (nSPS) is 16.3. The van der Waals surface area contributed by atoms with Gasteiger partial charge in [0.1, 0.15) is 0 Å². The van der Waals surface area contributed by atoms with Crippen LogP contribution < -0.4 is 14.8 Å². The van der Waals surface area contributed by atoms with Crippen molar-refractivity contribution in [1.82, 2.24) is 5.32 Å². The van der Waals surface area contributed by atoms with Crippen LogP contribution >= 0.6 is 11.6 Å². The monoisotopic (exact) mass is 406 g/mol. The highest BCUT2D eigenvalue weighted by molar-refractivity contribution is 6.30. The molecule has 28 heavy (non-hydrogen) atoms. The van der Waals surface area contributed by atoms with E-state index < -0.39 is 4.92 Å². The molecule has 0 radical (unpaired) electrons. The number of amides is 1. The molecule has 1 fully saturated rings. The zero-order valence-corrected chi connectivity index (χ0v) is 15.9. The average molecular weight is 407 g/mol. The SMILES string of the molecule is COc1cc(C(=O)NC2CCCOC2)ccc1Oc1ccc(Cl)cc1[N+](=O)[O-]. The second-order valence-electron chi connectivity index (χ2n) is 6.22. The molecule has 1 aliphatic heterocycles. The highest BCUT2D eigenvalue weighted by atomic mass is 35.5. The van der Waals surface area contributed by atoms with E-state index in [0.717, 1.165) is 12.8 Å². The number of carbonyl (C=O) groups excluding carboxylic acids is 1. The van der Waals surface area contributed by atoms with E-state index in [-0.39, 0.29) is 39.9 Å². The number of ether oxygens (including phenoxy) is 3. The highest BCUT2D eigenvalue weighted by Crippen LogP contribution is 2.37. The van der Waals surface area contributed by atoms with Crippen molar-refractivity contribution >= 4 is 23.2 Å². The first-order valence-corrected chi connectivity index (χ1v) is 9.04. The molecular weight excluding hydrogens is 388 g/mol. The number of nitro benzene ring substituents is 1. The molecule has 3 rings (SSSR count). The van der Waals surface area contributed by atoms with Gasteiger partial charge in [-0.1, -0.05) is 11.6 Å². The molecule has 0 spiro atoms. The lowest BCUT2D eigenvalue weighted by atomic mass is 10.1. The summed E-state index contributed by atoms with van der Waals surface area (Å²) in [6.45, 7) is 1.20. The van der Waals surface area contributed by atoms with Crippen molar-refractivity contribution in [1.29, 1.82) is 0 Å². The van der Waals surface area contributed by atoms with Gasteiger partial charge in [-0.3, -0.25) is 14.9 Å². The van der Waals surface area contributed by atoms with E-state index in [2.05, 4.69) is 5.32 Å². The van der Waals surface area contributed by atoms with Crippen LogP contribution in [-0.2, 0) is 4.74 Å². The maximum atomic E-state index is 12.5. The van der Waals surface area contributed by atoms with E-state index in [1.807, 2.05) is 0 Å². The van der Waals surface area contributed by atoms with Crippen LogP contribution in [0, 0.1) is 10.1 Å². The predicted octanol–water partition coefficient (Wildman–Crippen LogP) is 3.96. The van der Waals surface area contributed by atoms with Gasteiger partial charge in [-0.15, -0.1) is 0 Å². The third-order valence-corrected chi connectivity index (χ3v) is 4.49. The topological polar surface area (TPSA) is 99.9 Å². The summed E-state index contributed by atoms with van der Waals surface area (Å²) in [6, 6.07) is 8.70. The lowest BCUT2D eigenvalue weighted by molar-refractivity contribution is -0.385. The number of benzene rings is 2. The maximum absolute atomic E-state index is 12.5. The Morgan fingerprint density at radius 3 is 2.71 bits per heavy atom. The van der Waals surface area contributed by atoms with Crippen molar-refractivity contribution in [3.8, 4) is 17.2 Å². The van der Waals surface area contributed by atoms with Crippen molar-refractivity contribution in [2.45, 2.75) is 18.9 Å². The number of carbonyl (C=O) groups is 1. The summed E-state index contributed by atoms with van der Waals surface area (Å²) < 4.78 is 16.3. The first kappa shape index (κ1) is 19.9. The average Bonchev–Trinajstić information content (AvgIpc) is 2.70. The van der Waals surface area contributed by atoms with Crippen molar-refractivity contribution in [2.24, 2.45) is 0 Å². The summed E-state index contributed by atoms with van der Waals surface area (Å²) in [4.78, 5) is 23.1. The molecule has 9 heteroatoms. The van der Waals surface area contributed by atoms with Crippen molar-refractivity contribution in [3.05, 3.63) is 57.1 Å². The quantitative estimate of drug-likeness (QED) is 0.575. The van der Waals surface area contributed by atoms with E-state index >= 15 is 0 Å². The minimum Gasteiger partial charge on any atom is -0.493 e. The van der Waals surface area contributed by atoms with E-state index in [1.165, 1.54) is 37.4 Å². The number of hydrogen-bond donors (Lipinski definition) is 1. The fourth-order valence-corrected chi connectivity index (χ4v) is 3.02. The molecular formula is C19H19ClN2O6. The summed E-state index contributed by atoms with van der Waals surface area (Å²) >= 11 is 5.82. The fraction of sp³-hybridized carbons (Fsp3) is 0.316. The van der Waals surface area contributed by atoms with Crippen LogP contribution in [0.1, 0.15) is 23.2 Å². The van der Waals surface area contributed by atoms with Crippen LogP contribution in [0.25, 0.3) is 0 Å². The molecule has 2 aromatic carbocycles. The van der Waals surface area contributed by atoms with Gasteiger partial charge < -0.3 is 19.5 Å². The zero-order valence-electron chi connectivity index (χ0n) is 15.1. The molecule has 1 amide bonds. The van der Waals surface area contributed by atoms with Crippen LogP contribution in [0.5, 0.6) is 17.2 Å². The van der Waals surface area contributed by atoms with Gasteiger partial charge in [0.05, 0.1) is 24.7 Å². The summed E-state index contributed by atoms with van der Waals surface area (Å²) in [6.07, 6.45) is 1.77. The molecule has 1 atom stereocenters. The van der Waals surface area contributed by atoms with E-state index in [4.69, 9.17) is 25.8 Å². The number of nitrogens with one attached hydrogen (secondary N) is 1. The van der Waals surface area contributed by atoms with Gasteiger partial charge in [-0.05, 0) is 43.2 Å². The smallest absolute Gasteiger partial charge is 0.313 e. The first-order chi connectivity index (χ1) is 13.5. The van der Waals surface area contributed by atoms with Gasteiger partial charge in [0.25, 0.3) is 5.91 Å². The Balaban J connectivity index is 1.80. The molecule has 1 saturated heterocycles. The van der Waals surface area contributed by atoms with Gasteiger partial charge in [0, 0.05) is 23.3 Å². The minimum atomic E-state index is -0.582. The van der Waals surface area contributed by atoms with Crippen molar-refractivity contribution in [3.63, 3.8) is 0 Å². The zero-order chi connectivity index (χ0) is 20.1. The van der Waals surface area contributed by atoms with Crippen molar-refractivity contribution < 1.29 is 23.9 Å². The Kier molecular flexibility index (Phi) is 6.33. The molecule has 0 saturated carbocycles. The predicted molar refractivity (Wildman–Crippen MR) is 102 cm³/mol. The van der Waals surface area contributed by atoms with Gasteiger partial charge >= 0.3 is 5.69 Å². The summed E-state index contributed by atoms with van der Waals surface area (Å²) in [7, 11) is 1.43. The minimum absolute atomic E-state index is 0.0178. The number of methoxy groups -OCH3 is 1. The van der Waals surface area contributed by atoms with Crippen molar-refractivity contribution in [2.75, 3.05) is 20.3 Å². The Morgan fingerprint density at radius 2 is 2.04 bits per heavy atom. The van der Waals surface area contributed by atoms with Crippen LogP contribution in [-0.4, -0.2) is 37.2 Å². The lowest BCUT2D eigenvalue weighted by Gasteiger charge is -2.23. The Labute approximate surface area is 166 Å². The fourth-order valence-electron chi connectivity index (χ4n) is 2.85. The van der Waals surface area contributed by atoms with E-state index in [9.17, 15) is 14.9 Å². The van der Waals surface area contributed by atoms with Gasteiger partial charge in [-0.2, -0.15) is 0 Å². The molecule has 0 aromatic heterocycles. The maximum Gasteiger partial charge on any atom is 0.313 e. The number of nitro groups is 1. The molecule has 1 aliphatic rings. The molecule has 148 valence electrons. The van der Waals surface area contributed by atoms with Crippen LogP contribution in [0.3, 0.4) is 0 Å². The molecule has 0 aliphatic carbocycles. The molecule has 0 bridgehead atoms. The van der Waals surface area contributed by atoms with Crippen LogP contribution in [0.4, 0.5) is 5.69 Å². The number of hydrogen-bond acceptors (Lipinski definition) is 6. The first-order valence-electron chi connectivity index (χ1n) is 8.66. The highest BCUT2D eigenvalue weighted by Gasteiger charge is 2.21. The lowest BCUT2D eigenvalue weighted by Crippen LogP contribution is -2.40. The van der Waals surface area contributed by atoms with E-state index in [0.29, 0.717) is 18.8 Å². The molecule has 1 heterocycles. The number of rotatable bonds is 6. The third kappa shape index (κ3) is 4.71. The molecule has 2 aromatic rings. The summed E-state index contributed by atoms with van der Waals surface area (Å²) in [5.74, 6) is 0.282. The second kappa shape index (κ2) is 8.90. The Bertz CT molecular complexity index is 883. The molecule has 8 nitrogen and oxygen atoms in total. The summed E-state index contributed by atoms with van der Waals surface area (Å²) in [5.41, 5.74) is 0.119. The van der Waals surface area contributed by atoms with Crippen LogP contribution in [0.15, 0.2) is 36.4 Å². The van der Waals surface area contributed by atoms with Gasteiger partial charge in [0.15, 0.2) is 11.5 Å².